The maximum atomic E-state index is 14.2. The summed E-state index contributed by atoms with van der Waals surface area (Å²) in [6.07, 6.45) is 5.34. The molecule has 29 heavy (non-hydrogen) atoms. The molecule has 1 aromatic rings. The van der Waals surface area contributed by atoms with Gasteiger partial charge < -0.3 is 15.4 Å². The van der Waals surface area contributed by atoms with Gasteiger partial charge in [0.1, 0.15) is 12.0 Å². The molecule has 3 rings (SSSR count). The van der Waals surface area contributed by atoms with Crippen LogP contribution in [0.3, 0.4) is 0 Å². The highest BCUT2D eigenvalue weighted by molar-refractivity contribution is 6.39. The Kier molecular flexibility index (Phi) is 7.19. The van der Waals surface area contributed by atoms with E-state index in [1.54, 1.807) is 18.2 Å². The molecule has 2 aliphatic rings. The van der Waals surface area contributed by atoms with Crippen LogP contribution in [0, 0.1) is 5.41 Å². The Balaban J connectivity index is 1.44. The van der Waals surface area contributed by atoms with Gasteiger partial charge in [-0.3, -0.25) is 0 Å². The van der Waals surface area contributed by atoms with Gasteiger partial charge in [0, 0.05) is 6.04 Å². The first-order chi connectivity index (χ1) is 13.8. The number of hydrogen-bond donors (Lipinski definition) is 2. The van der Waals surface area contributed by atoms with Crippen molar-refractivity contribution < 1.29 is 18.3 Å². The maximum Gasteiger partial charge on any atom is 0.319 e. The standard InChI is InChI=1S/C21H24Cl2F2N2O2/c1-21(17(24)6-3-7-18(21)25)12-29-14-10-8-13(9-11-14)26-20(28)27-19-15(22)4-2-5-16(19)23/h2-7,13-14,17H,8-12H2,1H3,(H2,26,27,28). The molecule has 1 fully saturated rings. The number of carbonyl (C=O) groups is 1. The first-order valence-corrected chi connectivity index (χ1v) is 10.4. The number of nitrogens with one attached hydrogen (secondary N) is 2. The van der Waals surface area contributed by atoms with E-state index in [1.807, 2.05) is 0 Å². The molecule has 2 amide bonds. The van der Waals surface area contributed by atoms with E-state index in [4.69, 9.17) is 27.9 Å². The fraction of sp³-hybridized carbons (Fsp3) is 0.476. The number of anilines is 1. The van der Waals surface area contributed by atoms with Crippen LogP contribution in [0.2, 0.25) is 10.0 Å². The summed E-state index contributed by atoms with van der Waals surface area (Å²) in [6.45, 7) is 1.51. The van der Waals surface area contributed by atoms with E-state index in [2.05, 4.69) is 10.6 Å². The van der Waals surface area contributed by atoms with Crippen molar-refractivity contribution in [2.24, 2.45) is 5.41 Å². The second-order valence-electron chi connectivity index (χ2n) is 7.70. The summed E-state index contributed by atoms with van der Waals surface area (Å²) in [6, 6.07) is 4.60. The van der Waals surface area contributed by atoms with Crippen molar-refractivity contribution in [1.82, 2.24) is 5.32 Å². The van der Waals surface area contributed by atoms with E-state index in [0.717, 1.165) is 0 Å². The van der Waals surface area contributed by atoms with E-state index >= 15 is 0 Å². The molecular formula is C21H24Cl2F2N2O2. The summed E-state index contributed by atoms with van der Waals surface area (Å²) in [4.78, 5) is 12.2. The second-order valence-corrected chi connectivity index (χ2v) is 8.51. The number of alkyl halides is 1. The molecule has 2 aliphatic carbocycles. The fourth-order valence-corrected chi connectivity index (χ4v) is 4.03. The number of amides is 2. The van der Waals surface area contributed by atoms with E-state index in [-0.39, 0.29) is 24.8 Å². The van der Waals surface area contributed by atoms with Crippen LogP contribution in [-0.4, -0.2) is 31.0 Å². The number of halogens is 4. The first kappa shape index (κ1) is 22.1. The lowest BCUT2D eigenvalue weighted by atomic mass is 9.81. The van der Waals surface area contributed by atoms with Gasteiger partial charge in [0.15, 0.2) is 0 Å². The second kappa shape index (κ2) is 9.45. The van der Waals surface area contributed by atoms with Crippen molar-refractivity contribution in [3.63, 3.8) is 0 Å². The largest absolute Gasteiger partial charge is 0.377 e. The van der Waals surface area contributed by atoms with Crippen LogP contribution in [0.5, 0.6) is 0 Å². The number of benzene rings is 1. The number of carbonyl (C=O) groups excluding carboxylic acids is 1. The zero-order valence-corrected chi connectivity index (χ0v) is 17.6. The minimum Gasteiger partial charge on any atom is -0.377 e. The molecule has 0 spiro atoms. The van der Waals surface area contributed by atoms with Crippen molar-refractivity contribution in [2.75, 3.05) is 11.9 Å². The molecule has 0 aliphatic heterocycles. The van der Waals surface area contributed by atoms with Crippen LogP contribution in [-0.2, 0) is 4.74 Å². The lowest BCUT2D eigenvalue weighted by Gasteiger charge is -2.35. The Hall–Kier alpha value is -1.63. The number of para-hydroxylation sites is 1. The monoisotopic (exact) mass is 444 g/mol. The van der Waals surface area contributed by atoms with Gasteiger partial charge in [-0.05, 0) is 56.9 Å². The molecule has 0 bridgehead atoms. The summed E-state index contributed by atoms with van der Waals surface area (Å²) < 4.78 is 34.1. The number of urea groups is 1. The first-order valence-electron chi connectivity index (χ1n) is 9.61. The smallest absolute Gasteiger partial charge is 0.319 e. The van der Waals surface area contributed by atoms with E-state index < -0.39 is 17.4 Å². The lowest BCUT2D eigenvalue weighted by Crippen LogP contribution is -2.42. The summed E-state index contributed by atoms with van der Waals surface area (Å²) in [5, 5.41) is 6.32. The third kappa shape index (κ3) is 5.30. The zero-order valence-electron chi connectivity index (χ0n) is 16.1. The molecule has 0 saturated heterocycles. The Bertz CT molecular complexity index is 790. The van der Waals surface area contributed by atoms with Gasteiger partial charge in [-0.2, -0.15) is 0 Å². The molecule has 2 unspecified atom stereocenters. The molecule has 158 valence electrons. The van der Waals surface area contributed by atoms with Gasteiger partial charge in [-0.25, -0.2) is 13.6 Å². The van der Waals surface area contributed by atoms with Gasteiger partial charge in [0.05, 0.1) is 33.9 Å². The molecule has 1 aromatic carbocycles. The highest BCUT2D eigenvalue weighted by Gasteiger charge is 2.40. The van der Waals surface area contributed by atoms with Crippen LogP contribution in [0.1, 0.15) is 32.6 Å². The summed E-state index contributed by atoms with van der Waals surface area (Å²) in [7, 11) is 0. The summed E-state index contributed by atoms with van der Waals surface area (Å²) in [5.74, 6) is -0.502. The average molecular weight is 445 g/mol. The highest BCUT2D eigenvalue weighted by atomic mass is 35.5. The highest BCUT2D eigenvalue weighted by Crippen LogP contribution is 2.38. The van der Waals surface area contributed by atoms with Crippen LogP contribution in [0.4, 0.5) is 19.3 Å². The SMILES string of the molecule is CC1(COC2CCC(NC(=O)Nc3c(Cl)cccc3Cl)CC2)C(F)=CC=CC1F. The van der Waals surface area contributed by atoms with Crippen LogP contribution >= 0.6 is 23.2 Å². The number of ether oxygens (including phenoxy) is 1. The summed E-state index contributed by atoms with van der Waals surface area (Å²) in [5.41, 5.74) is -0.909. The number of rotatable bonds is 5. The topological polar surface area (TPSA) is 50.4 Å². The Morgan fingerprint density at radius 1 is 1.24 bits per heavy atom. The Labute approximate surface area is 179 Å². The van der Waals surface area contributed by atoms with Gasteiger partial charge in [-0.1, -0.05) is 35.3 Å². The molecule has 0 radical (unpaired) electrons. The van der Waals surface area contributed by atoms with Crippen molar-refractivity contribution >= 4 is 34.9 Å². The number of hydrogen-bond acceptors (Lipinski definition) is 2. The van der Waals surface area contributed by atoms with Gasteiger partial charge in [0.2, 0.25) is 0 Å². The van der Waals surface area contributed by atoms with Crippen LogP contribution in [0.15, 0.2) is 42.3 Å². The predicted octanol–water partition coefficient (Wildman–Crippen LogP) is 6.21. The van der Waals surface area contributed by atoms with Crippen molar-refractivity contribution in [3.05, 3.63) is 52.3 Å². The van der Waals surface area contributed by atoms with Gasteiger partial charge in [-0.15, -0.1) is 0 Å². The lowest BCUT2D eigenvalue weighted by molar-refractivity contribution is -0.0356. The van der Waals surface area contributed by atoms with Gasteiger partial charge >= 0.3 is 6.03 Å². The van der Waals surface area contributed by atoms with Crippen molar-refractivity contribution in [2.45, 2.75) is 50.9 Å². The van der Waals surface area contributed by atoms with Crippen molar-refractivity contribution in [3.8, 4) is 0 Å². The Morgan fingerprint density at radius 2 is 1.90 bits per heavy atom. The molecule has 1 saturated carbocycles. The minimum absolute atomic E-state index is 0.0186. The van der Waals surface area contributed by atoms with Gasteiger partial charge in [0.25, 0.3) is 0 Å². The summed E-state index contributed by atoms with van der Waals surface area (Å²) >= 11 is 12.1. The quantitative estimate of drug-likeness (QED) is 0.566. The third-order valence-corrected chi connectivity index (χ3v) is 6.14. The molecule has 2 atom stereocenters. The molecule has 0 aromatic heterocycles. The van der Waals surface area contributed by atoms with E-state index in [0.29, 0.717) is 41.4 Å². The average Bonchev–Trinajstić information content (AvgIpc) is 2.69. The molecular weight excluding hydrogens is 421 g/mol. The van der Waals surface area contributed by atoms with E-state index in [1.165, 1.54) is 25.2 Å². The Morgan fingerprint density at radius 3 is 2.52 bits per heavy atom. The fourth-order valence-electron chi connectivity index (χ4n) is 3.54. The minimum atomic E-state index is -1.41. The van der Waals surface area contributed by atoms with E-state index in [9.17, 15) is 13.6 Å². The molecule has 2 N–H and O–H groups in total. The van der Waals surface area contributed by atoms with Crippen LogP contribution < -0.4 is 10.6 Å². The molecule has 4 nitrogen and oxygen atoms in total. The van der Waals surface area contributed by atoms with Crippen molar-refractivity contribution in [1.29, 1.82) is 0 Å². The zero-order chi connectivity index (χ0) is 21.0. The molecule has 0 heterocycles. The number of allylic oxidation sites excluding steroid dienone is 3. The normalized spacial score (nSPS) is 29.3. The molecule has 8 heteroatoms. The maximum absolute atomic E-state index is 14.2. The third-order valence-electron chi connectivity index (χ3n) is 5.51. The van der Waals surface area contributed by atoms with Crippen LogP contribution in [0.25, 0.3) is 0 Å². The predicted molar refractivity (Wildman–Crippen MR) is 112 cm³/mol.